The lowest BCUT2D eigenvalue weighted by Gasteiger charge is -2.37. The Balaban J connectivity index is 2.20. The van der Waals surface area contributed by atoms with Crippen LogP contribution in [-0.2, 0) is 4.79 Å². The van der Waals surface area contributed by atoms with Crippen molar-refractivity contribution in [1.29, 1.82) is 0 Å². The summed E-state index contributed by atoms with van der Waals surface area (Å²) in [5.74, 6) is 1.01. The molecule has 5 heteroatoms. The van der Waals surface area contributed by atoms with E-state index in [1.54, 1.807) is 7.11 Å². The molecule has 1 aromatic carbocycles. The molecular weight excluding hydrogens is 254 g/mol. The fraction of sp³-hybridized carbons (Fsp3) is 0.533. The number of nitrogens with two attached hydrogens (primary N) is 1. The van der Waals surface area contributed by atoms with Gasteiger partial charge in [-0.2, -0.15) is 0 Å². The van der Waals surface area contributed by atoms with Gasteiger partial charge >= 0.3 is 0 Å². The van der Waals surface area contributed by atoms with Crippen molar-refractivity contribution in [3.63, 3.8) is 0 Å². The van der Waals surface area contributed by atoms with E-state index in [1.807, 2.05) is 29.2 Å². The Bertz CT molecular complexity index is 450. The van der Waals surface area contributed by atoms with Crippen LogP contribution in [0.2, 0.25) is 0 Å². The molecular formula is C15H23N3O2. The molecule has 1 saturated heterocycles. The number of piperazine rings is 1. The molecule has 0 spiro atoms. The Morgan fingerprint density at radius 1 is 1.50 bits per heavy atom. The van der Waals surface area contributed by atoms with Gasteiger partial charge in [-0.1, -0.05) is 18.2 Å². The Labute approximate surface area is 120 Å². The highest BCUT2D eigenvalue weighted by atomic mass is 16.5. The summed E-state index contributed by atoms with van der Waals surface area (Å²) in [6, 6.07) is 7.92. The van der Waals surface area contributed by atoms with Crippen molar-refractivity contribution in [3.8, 4) is 5.75 Å². The number of rotatable bonds is 5. The highest BCUT2D eigenvalue weighted by Gasteiger charge is 2.29. The van der Waals surface area contributed by atoms with Crippen molar-refractivity contribution in [2.45, 2.75) is 18.9 Å². The van der Waals surface area contributed by atoms with Gasteiger partial charge in [0.2, 0.25) is 5.91 Å². The molecule has 5 nitrogen and oxygen atoms in total. The molecule has 1 atom stereocenters. The molecule has 0 aliphatic carbocycles. The minimum Gasteiger partial charge on any atom is -0.496 e. The molecule has 1 aliphatic rings. The predicted octanol–water partition coefficient (Wildman–Crippen LogP) is 0.907. The van der Waals surface area contributed by atoms with Crippen LogP contribution in [0.3, 0.4) is 0 Å². The van der Waals surface area contributed by atoms with Crippen LogP contribution < -0.4 is 15.8 Å². The van der Waals surface area contributed by atoms with Crippen molar-refractivity contribution in [3.05, 3.63) is 29.8 Å². The van der Waals surface area contributed by atoms with E-state index in [0.29, 0.717) is 13.0 Å². The summed E-state index contributed by atoms with van der Waals surface area (Å²) in [5.41, 5.74) is 6.55. The zero-order valence-corrected chi connectivity index (χ0v) is 12.0. The van der Waals surface area contributed by atoms with Gasteiger partial charge < -0.3 is 20.7 Å². The number of amides is 1. The summed E-state index contributed by atoms with van der Waals surface area (Å²) in [6.45, 7) is 2.87. The number of para-hydroxylation sites is 1. The van der Waals surface area contributed by atoms with Gasteiger partial charge in [0, 0.05) is 31.6 Å². The number of hydrogen-bond acceptors (Lipinski definition) is 4. The fourth-order valence-corrected chi connectivity index (χ4v) is 2.62. The molecule has 1 heterocycles. The number of hydrogen-bond donors (Lipinski definition) is 2. The number of ether oxygens (including phenoxy) is 1. The van der Waals surface area contributed by atoms with Crippen molar-refractivity contribution in [2.24, 2.45) is 5.73 Å². The lowest BCUT2D eigenvalue weighted by Crippen LogP contribution is -2.48. The van der Waals surface area contributed by atoms with Gasteiger partial charge in [0.25, 0.3) is 0 Å². The monoisotopic (exact) mass is 277 g/mol. The largest absolute Gasteiger partial charge is 0.496 e. The van der Waals surface area contributed by atoms with E-state index in [0.717, 1.165) is 37.4 Å². The highest BCUT2D eigenvalue weighted by Crippen LogP contribution is 2.30. The van der Waals surface area contributed by atoms with E-state index in [1.165, 1.54) is 0 Å². The molecule has 1 aliphatic heterocycles. The molecule has 0 aromatic heterocycles. The second-order valence-corrected chi connectivity index (χ2v) is 4.94. The van der Waals surface area contributed by atoms with E-state index >= 15 is 0 Å². The first-order valence-electron chi connectivity index (χ1n) is 7.11. The number of nitrogens with zero attached hydrogens (tertiary/aromatic N) is 1. The molecule has 1 amide bonds. The van der Waals surface area contributed by atoms with Crippen molar-refractivity contribution < 1.29 is 9.53 Å². The molecule has 1 fully saturated rings. The van der Waals surface area contributed by atoms with Crippen LogP contribution in [0, 0.1) is 0 Å². The minimum atomic E-state index is 0.0326. The van der Waals surface area contributed by atoms with Crippen LogP contribution >= 0.6 is 0 Å². The van der Waals surface area contributed by atoms with Crippen LogP contribution in [0.1, 0.15) is 24.4 Å². The summed E-state index contributed by atoms with van der Waals surface area (Å²) in [4.78, 5) is 14.3. The lowest BCUT2D eigenvalue weighted by molar-refractivity contribution is -0.134. The Hall–Kier alpha value is -1.59. The summed E-state index contributed by atoms with van der Waals surface area (Å²) in [6.07, 6.45) is 1.25. The summed E-state index contributed by atoms with van der Waals surface area (Å²) in [7, 11) is 1.66. The smallest absolute Gasteiger partial charge is 0.223 e. The van der Waals surface area contributed by atoms with Gasteiger partial charge in [-0.25, -0.2) is 0 Å². The lowest BCUT2D eigenvalue weighted by atomic mass is 10.0. The maximum atomic E-state index is 12.3. The number of carbonyl (C=O) groups is 1. The number of nitrogens with one attached hydrogen (secondary N) is 1. The van der Waals surface area contributed by atoms with Crippen molar-refractivity contribution >= 4 is 5.91 Å². The quantitative estimate of drug-likeness (QED) is 0.839. The zero-order valence-electron chi connectivity index (χ0n) is 12.0. The zero-order chi connectivity index (χ0) is 14.4. The van der Waals surface area contributed by atoms with Crippen LogP contribution in [0.5, 0.6) is 5.75 Å². The maximum absolute atomic E-state index is 12.3. The summed E-state index contributed by atoms with van der Waals surface area (Å²) in [5, 5.41) is 3.35. The van der Waals surface area contributed by atoms with Crippen LogP contribution in [-0.4, -0.2) is 44.1 Å². The molecule has 0 radical (unpaired) electrons. The van der Waals surface area contributed by atoms with E-state index in [2.05, 4.69) is 5.32 Å². The molecule has 0 bridgehead atoms. The first kappa shape index (κ1) is 14.8. The van der Waals surface area contributed by atoms with Gasteiger partial charge in [0.05, 0.1) is 13.2 Å². The number of benzene rings is 1. The number of methoxy groups -OCH3 is 1. The van der Waals surface area contributed by atoms with Gasteiger partial charge in [0.15, 0.2) is 0 Å². The van der Waals surface area contributed by atoms with E-state index in [4.69, 9.17) is 10.5 Å². The van der Waals surface area contributed by atoms with Crippen LogP contribution in [0.15, 0.2) is 24.3 Å². The fourth-order valence-electron chi connectivity index (χ4n) is 2.62. The third-order valence-electron chi connectivity index (χ3n) is 3.66. The second-order valence-electron chi connectivity index (χ2n) is 4.94. The van der Waals surface area contributed by atoms with Gasteiger partial charge in [-0.05, 0) is 19.0 Å². The maximum Gasteiger partial charge on any atom is 0.223 e. The minimum absolute atomic E-state index is 0.0326. The van der Waals surface area contributed by atoms with Gasteiger partial charge in [0.1, 0.15) is 5.75 Å². The molecule has 2 rings (SSSR count). The van der Waals surface area contributed by atoms with E-state index < -0.39 is 0 Å². The summed E-state index contributed by atoms with van der Waals surface area (Å²) >= 11 is 0. The Kier molecular flexibility index (Phi) is 5.38. The van der Waals surface area contributed by atoms with Crippen molar-refractivity contribution in [1.82, 2.24) is 10.2 Å². The van der Waals surface area contributed by atoms with Gasteiger partial charge in [-0.15, -0.1) is 0 Å². The molecule has 110 valence electrons. The first-order valence-corrected chi connectivity index (χ1v) is 7.11. The molecule has 1 unspecified atom stereocenters. The molecule has 1 aromatic rings. The Morgan fingerprint density at radius 2 is 2.30 bits per heavy atom. The normalized spacial score (nSPS) is 18.9. The molecule has 3 N–H and O–H groups in total. The molecule has 20 heavy (non-hydrogen) atoms. The van der Waals surface area contributed by atoms with Crippen LogP contribution in [0.25, 0.3) is 0 Å². The second kappa shape index (κ2) is 7.26. The average Bonchev–Trinajstić information content (AvgIpc) is 2.52. The third kappa shape index (κ3) is 3.29. The first-order chi connectivity index (χ1) is 9.77. The Morgan fingerprint density at radius 3 is 3.05 bits per heavy atom. The predicted molar refractivity (Wildman–Crippen MR) is 78.6 cm³/mol. The molecule has 0 saturated carbocycles. The summed E-state index contributed by atoms with van der Waals surface area (Å²) < 4.78 is 5.42. The standard InChI is InChI=1S/C15H23N3O2/c1-20-14-6-3-2-5-12(14)13-11-17-9-10-18(13)15(19)7-4-8-16/h2-3,5-6,13,17H,4,7-11,16H2,1H3. The highest BCUT2D eigenvalue weighted by molar-refractivity contribution is 5.77. The third-order valence-corrected chi connectivity index (χ3v) is 3.66. The number of carbonyl (C=O) groups excluding carboxylic acids is 1. The SMILES string of the molecule is COc1ccccc1C1CNCCN1C(=O)CCCN. The van der Waals surface area contributed by atoms with E-state index in [9.17, 15) is 4.79 Å². The average molecular weight is 277 g/mol. The van der Waals surface area contributed by atoms with E-state index in [-0.39, 0.29) is 11.9 Å². The van der Waals surface area contributed by atoms with Crippen molar-refractivity contribution in [2.75, 3.05) is 33.3 Å². The van der Waals surface area contributed by atoms with Gasteiger partial charge in [-0.3, -0.25) is 4.79 Å². The topological polar surface area (TPSA) is 67.6 Å². The van der Waals surface area contributed by atoms with Crippen LogP contribution in [0.4, 0.5) is 0 Å².